The molecule has 0 aromatic rings. The molecule has 0 saturated carbocycles. The summed E-state index contributed by atoms with van der Waals surface area (Å²) in [5, 5.41) is 6.45. The van der Waals surface area contributed by atoms with Gasteiger partial charge in [0.1, 0.15) is 0 Å². The first-order valence-electron chi connectivity index (χ1n) is 4.86. The number of halogens is 1. The van der Waals surface area contributed by atoms with Crippen molar-refractivity contribution in [1.29, 1.82) is 0 Å². The molecule has 0 aliphatic carbocycles. The van der Waals surface area contributed by atoms with E-state index in [9.17, 15) is 4.79 Å². The molecule has 2 aliphatic rings. The zero-order chi connectivity index (χ0) is 8.55. The van der Waals surface area contributed by atoms with Crippen molar-refractivity contribution in [3.05, 3.63) is 0 Å². The van der Waals surface area contributed by atoms with Gasteiger partial charge in [0.05, 0.1) is 5.92 Å². The summed E-state index contributed by atoms with van der Waals surface area (Å²) in [5.74, 6) is 0.501. The molecule has 3 nitrogen and oxygen atoms in total. The van der Waals surface area contributed by atoms with Crippen LogP contribution in [0.2, 0.25) is 0 Å². The molecule has 0 spiro atoms. The summed E-state index contributed by atoms with van der Waals surface area (Å²) in [6.45, 7) is 3.20. The molecule has 2 rings (SSSR count). The lowest BCUT2D eigenvalue weighted by Gasteiger charge is -2.14. The quantitative estimate of drug-likeness (QED) is 0.695. The van der Waals surface area contributed by atoms with Crippen molar-refractivity contribution in [1.82, 2.24) is 10.6 Å². The van der Waals surface area contributed by atoms with Gasteiger partial charge in [-0.3, -0.25) is 4.79 Å². The molecule has 2 fully saturated rings. The van der Waals surface area contributed by atoms with Crippen LogP contribution >= 0.6 is 12.4 Å². The third-order valence-corrected chi connectivity index (χ3v) is 2.97. The van der Waals surface area contributed by atoms with E-state index in [0.29, 0.717) is 12.1 Å². The molecule has 0 aromatic heterocycles. The number of rotatable bonds is 2. The monoisotopic (exact) mass is 204 g/mol. The number of nitrogens with one attached hydrogen (secondary N) is 2. The minimum atomic E-state index is 0. The highest BCUT2D eigenvalue weighted by atomic mass is 35.5. The van der Waals surface area contributed by atoms with E-state index in [1.54, 1.807) is 0 Å². The van der Waals surface area contributed by atoms with E-state index < -0.39 is 0 Å². The van der Waals surface area contributed by atoms with E-state index in [1.807, 2.05) is 0 Å². The van der Waals surface area contributed by atoms with Gasteiger partial charge >= 0.3 is 0 Å². The fourth-order valence-corrected chi connectivity index (χ4v) is 2.39. The molecule has 4 heteroatoms. The van der Waals surface area contributed by atoms with E-state index in [1.165, 1.54) is 0 Å². The number of amides is 1. The fraction of sp³-hybridized carbons (Fsp3) is 0.889. The zero-order valence-electron chi connectivity index (χ0n) is 7.88. The lowest BCUT2D eigenvalue weighted by atomic mass is 9.95. The van der Waals surface area contributed by atoms with E-state index in [0.717, 1.165) is 25.8 Å². The maximum Gasteiger partial charge on any atom is 0.225 e. The second kappa shape index (κ2) is 4.29. The Hall–Kier alpha value is -0.280. The van der Waals surface area contributed by atoms with Crippen molar-refractivity contribution in [2.45, 2.75) is 38.3 Å². The zero-order valence-corrected chi connectivity index (χ0v) is 8.69. The first kappa shape index (κ1) is 10.8. The Labute approximate surface area is 85.1 Å². The first-order valence-corrected chi connectivity index (χ1v) is 4.86. The molecule has 3 unspecified atom stereocenters. The largest absolute Gasteiger partial charge is 0.351 e. The number of hydrogen-bond acceptors (Lipinski definition) is 2. The highest BCUT2D eigenvalue weighted by Gasteiger charge is 2.43. The molecule has 1 amide bonds. The molecule has 2 N–H and O–H groups in total. The fourth-order valence-electron chi connectivity index (χ4n) is 2.39. The van der Waals surface area contributed by atoms with Crippen LogP contribution < -0.4 is 10.6 Å². The summed E-state index contributed by atoms with van der Waals surface area (Å²) in [4.78, 5) is 11.4. The van der Waals surface area contributed by atoms with Crippen LogP contribution in [0.3, 0.4) is 0 Å². The van der Waals surface area contributed by atoms with Gasteiger partial charge < -0.3 is 10.6 Å². The van der Waals surface area contributed by atoms with Crippen molar-refractivity contribution in [2.75, 3.05) is 6.54 Å². The molecule has 3 atom stereocenters. The van der Waals surface area contributed by atoms with Gasteiger partial charge in [-0.25, -0.2) is 0 Å². The number of fused-ring (bicyclic) bond motifs is 1. The van der Waals surface area contributed by atoms with Gasteiger partial charge in [0, 0.05) is 12.1 Å². The molecule has 2 heterocycles. The van der Waals surface area contributed by atoms with Crippen LogP contribution in [0.4, 0.5) is 0 Å². The van der Waals surface area contributed by atoms with Crippen LogP contribution in [0.1, 0.15) is 26.2 Å². The highest BCUT2D eigenvalue weighted by molar-refractivity contribution is 5.85. The second-order valence-electron chi connectivity index (χ2n) is 3.78. The average molecular weight is 205 g/mol. The van der Waals surface area contributed by atoms with Crippen molar-refractivity contribution < 1.29 is 4.79 Å². The minimum Gasteiger partial charge on any atom is -0.351 e. The third-order valence-electron chi connectivity index (χ3n) is 2.97. The lowest BCUT2D eigenvalue weighted by molar-refractivity contribution is -0.123. The summed E-state index contributed by atoms with van der Waals surface area (Å²) >= 11 is 0. The SMILES string of the molecule is CCCC1C(=O)NC2CCNC21.Cl. The Bertz CT molecular complexity index is 198. The van der Waals surface area contributed by atoms with Crippen molar-refractivity contribution in [2.24, 2.45) is 5.92 Å². The summed E-state index contributed by atoms with van der Waals surface area (Å²) < 4.78 is 0. The van der Waals surface area contributed by atoms with Crippen molar-refractivity contribution in [3.8, 4) is 0 Å². The van der Waals surface area contributed by atoms with Crippen LogP contribution in [0.5, 0.6) is 0 Å². The topological polar surface area (TPSA) is 41.1 Å². The molecule has 13 heavy (non-hydrogen) atoms. The molecule has 0 bridgehead atoms. The Morgan fingerprint density at radius 2 is 2.31 bits per heavy atom. The van der Waals surface area contributed by atoms with Gasteiger partial charge in [-0.05, 0) is 19.4 Å². The minimum absolute atomic E-state index is 0. The average Bonchev–Trinajstić information content (AvgIpc) is 2.56. The van der Waals surface area contributed by atoms with Crippen LogP contribution in [0.25, 0.3) is 0 Å². The van der Waals surface area contributed by atoms with Crippen molar-refractivity contribution >= 4 is 18.3 Å². The van der Waals surface area contributed by atoms with Gasteiger partial charge in [0.15, 0.2) is 0 Å². The van der Waals surface area contributed by atoms with E-state index in [4.69, 9.17) is 0 Å². The third kappa shape index (κ3) is 1.81. The maximum absolute atomic E-state index is 11.4. The van der Waals surface area contributed by atoms with E-state index in [2.05, 4.69) is 17.6 Å². The van der Waals surface area contributed by atoms with Crippen LogP contribution in [0.15, 0.2) is 0 Å². The molecule has 0 radical (unpaired) electrons. The van der Waals surface area contributed by atoms with Gasteiger partial charge in [0.2, 0.25) is 5.91 Å². The molecule has 0 aromatic carbocycles. The van der Waals surface area contributed by atoms with E-state index in [-0.39, 0.29) is 24.2 Å². The molecule has 2 saturated heterocycles. The maximum atomic E-state index is 11.4. The Kier molecular flexibility index (Phi) is 3.56. The van der Waals surface area contributed by atoms with Crippen molar-refractivity contribution in [3.63, 3.8) is 0 Å². The van der Waals surface area contributed by atoms with Crippen LogP contribution in [-0.2, 0) is 4.79 Å². The van der Waals surface area contributed by atoms with Gasteiger partial charge in [-0.2, -0.15) is 0 Å². The number of carbonyl (C=O) groups is 1. The van der Waals surface area contributed by atoms with Gasteiger partial charge in [-0.15, -0.1) is 12.4 Å². The molecular formula is C9H17ClN2O. The van der Waals surface area contributed by atoms with Gasteiger partial charge in [-0.1, -0.05) is 13.3 Å². The predicted octanol–water partition coefficient (Wildman–Crippen LogP) is 0.685. The number of carbonyl (C=O) groups excluding carboxylic acids is 1. The smallest absolute Gasteiger partial charge is 0.225 e. The van der Waals surface area contributed by atoms with E-state index >= 15 is 0 Å². The summed E-state index contributed by atoms with van der Waals surface area (Å²) in [5.41, 5.74) is 0. The van der Waals surface area contributed by atoms with Crippen LogP contribution in [-0.4, -0.2) is 24.5 Å². The lowest BCUT2D eigenvalue weighted by Crippen LogP contribution is -2.34. The second-order valence-corrected chi connectivity index (χ2v) is 3.78. The highest BCUT2D eigenvalue weighted by Crippen LogP contribution is 2.26. The predicted molar refractivity (Wildman–Crippen MR) is 54.0 cm³/mol. The Morgan fingerprint density at radius 1 is 1.54 bits per heavy atom. The number of hydrogen-bond donors (Lipinski definition) is 2. The standard InChI is InChI=1S/C9H16N2O.ClH/c1-2-3-6-8-7(4-5-10-8)11-9(6)12;/h6-8,10H,2-5H2,1H3,(H,11,12);1H. The van der Waals surface area contributed by atoms with Gasteiger partial charge in [0.25, 0.3) is 0 Å². The molecular weight excluding hydrogens is 188 g/mol. The summed E-state index contributed by atoms with van der Waals surface area (Å²) in [6.07, 6.45) is 3.24. The molecule has 2 aliphatic heterocycles. The van der Waals surface area contributed by atoms with Crippen LogP contribution in [0, 0.1) is 5.92 Å². The Morgan fingerprint density at radius 3 is 3.00 bits per heavy atom. The Balaban J connectivity index is 0.000000845. The summed E-state index contributed by atoms with van der Waals surface area (Å²) in [6, 6.07) is 0.853. The first-order chi connectivity index (χ1) is 5.83. The summed E-state index contributed by atoms with van der Waals surface area (Å²) in [7, 11) is 0. The molecule has 76 valence electrons. The normalized spacial score (nSPS) is 36.7.